The molecule has 4 nitrogen and oxygen atoms in total. The van der Waals surface area contributed by atoms with E-state index in [1.165, 1.54) is 10.8 Å². The van der Waals surface area contributed by atoms with Gasteiger partial charge in [0.1, 0.15) is 16.7 Å². The molecule has 2 aromatic carbocycles. The number of carbonyl (C=O) groups excluding carboxylic acids is 1. The Bertz CT molecular complexity index is 799. The van der Waals surface area contributed by atoms with Gasteiger partial charge in [-0.3, -0.25) is 4.79 Å². The number of hydrogen-bond acceptors (Lipinski definition) is 4. The molecule has 0 N–H and O–H groups in total. The van der Waals surface area contributed by atoms with Crippen molar-refractivity contribution >= 4 is 45.9 Å². The fourth-order valence-corrected chi connectivity index (χ4v) is 4.89. The van der Waals surface area contributed by atoms with Crippen molar-refractivity contribution in [3.05, 3.63) is 48.0 Å². The van der Waals surface area contributed by atoms with Crippen LogP contribution in [-0.4, -0.2) is 31.1 Å². The van der Waals surface area contributed by atoms with Crippen molar-refractivity contribution in [3.63, 3.8) is 0 Å². The zero-order chi connectivity index (χ0) is 19.2. The average molecular weight is 497 g/mol. The molecule has 1 aliphatic rings. The van der Waals surface area contributed by atoms with E-state index < -0.39 is 0 Å². The third-order valence-electron chi connectivity index (χ3n) is 4.56. The van der Waals surface area contributed by atoms with Gasteiger partial charge in [0.25, 0.3) is 0 Å². The van der Waals surface area contributed by atoms with Crippen molar-refractivity contribution in [2.45, 2.75) is 29.4 Å². The van der Waals surface area contributed by atoms with Gasteiger partial charge in [-0.2, -0.15) is 0 Å². The lowest BCUT2D eigenvalue weighted by atomic mass is 10.1. The quantitative estimate of drug-likeness (QED) is 0.275. The maximum atomic E-state index is 13.1. The summed E-state index contributed by atoms with van der Waals surface area (Å²) in [6, 6.07) is 13.7. The first-order chi connectivity index (χ1) is 13.2. The molecule has 0 radical (unpaired) electrons. The number of halogens is 1. The van der Waals surface area contributed by atoms with E-state index in [-0.39, 0.29) is 11.2 Å². The minimum Gasteiger partial charge on any atom is -0.497 e. The molecule has 0 saturated heterocycles. The maximum Gasteiger partial charge on any atom is 0.244 e. The van der Waals surface area contributed by atoms with Crippen LogP contribution >= 0.6 is 34.4 Å². The van der Waals surface area contributed by atoms with Crippen LogP contribution in [0.15, 0.2) is 47.4 Å². The first-order valence-electron chi connectivity index (χ1n) is 9.05. The van der Waals surface area contributed by atoms with Crippen molar-refractivity contribution in [3.8, 4) is 11.5 Å². The molecular formula is C21H24INO3S. The van der Waals surface area contributed by atoms with Gasteiger partial charge in [0.05, 0.1) is 19.4 Å². The smallest absolute Gasteiger partial charge is 0.244 e. The van der Waals surface area contributed by atoms with Crippen molar-refractivity contribution in [2.75, 3.05) is 30.1 Å². The number of para-hydroxylation sites is 1. The first kappa shape index (κ1) is 20.3. The zero-order valence-electron chi connectivity index (χ0n) is 15.6. The van der Waals surface area contributed by atoms with Crippen molar-refractivity contribution in [1.29, 1.82) is 0 Å². The number of fused-ring (bicyclic) bond motifs is 1. The van der Waals surface area contributed by atoms with E-state index in [9.17, 15) is 4.79 Å². The first-order valence-corrected chi connectivity index (χ1v) is 11.5. The lowest BCUT2D eigenvalue weighted by Gasteiger charge is -2.32. The fourth-order valence-electron chi connectivity index (χ4n) is 3.05. The number of carbonyl (C=O) groups is 1. The molecule has 0 saturated carbocycles. The number of ether oxygens (including phenoxy) is 2. The van der Waals surface area contributed by atoms with Gasteiger partial charge in [-0.25, -0.2) is 0 Å². The fraction of sp³-hybridized carbons (Fsp3) is 0.381. The largest absolute Gasteiger partial charge is 0.497 e. The van der Waals surface area contributed by atoms with Gasteiger partial charge in [0.15, 0.2) is 0 Å². The van der Waals surface area contributed by atoms with Crippen molar-refractivity contribution < 1.29 is 14.3 Å². The number of likely N-dealkylation sites (N-methyl/N-ethyl adjacent to an activating group) is 1. The van der Waals surface area contributed by atoms with E-state index in [2.05, 4.69) is 28.7 Å². The number of benzene rings is 2. The van der Waals surface area contributed by atoms with E-state index in [0.717, 1.165) is 40.5 Å². The second kappa shape index (κ2) is 9.68. The third-order valence-corrected chi connectivity index (χ3v) is 6.61. The van der Waals surface area contributed by atoms with Gasteiger partial charge >= 0.3 is 0 Å². The van der Waals surface area contributed by atoms with Crippen LogP contribution < -0.4 is 14.4 Å². The highest BCUT2D eigenvalue weighted by molar-refractivity contribution is 14.1. The molecule has 2 aromatic rings. The Kier molecular flexibility index (Phi) is 7.29. The van der Waals surface area contributed by atoms with E-state index in [1.54, 1.807) is 23.8 Å². The highest BCUT2D eigenvalue weighted by Crippen LogP contribution is 2.48. The Hall–Kier alpha value is -1.41. The molecule has 0 aliphatic carbocycles. The van der Waals surface area contributed by atoms with E-state index >= 15 is 0 Å². The monoisotopic (exact) mass is 497 g/mol. The normalized spacial score (nSPS) is 16.2. The molecule has 0 bridgehead atoms. The van der Waals surface area contributed by atoms with Gasteiger partial charge < -0.3 is 14.4 Å². The number of amides is 1. The number of methoxy groups -OCH3 is 1. The Morgan fingerprint density at radius 3 is 2.74 bits per heavy atom. The van der Waals surface area contributed by atoms with Crippen LogP contribution in [-0.2, 0) is 4.79 Å². The Morgan fingerprint density at radius 1 is 1.15 bits per heavy atom. The predicted molar refractivity (Wildman–Crippen MR) is 120 cm³/mol. The molecule has 6 heteroatoms. The van der Waals surface area contributed by atoms with Crippen LogP contribution in [0, 0.1) is 0 Å². The number of anilines is 1. The molecule has 3 rings (SSSR count). The standard InChI is InChI=1S/C21H24INO3S/c1-23-17-8-4-5-9-19(17)27-20(21(23)24)16-14-15(25-2)10-11-18(16)26-13-7-3-6-12-22/h4-5,8-11,14,20H,3,6-7,12-13H2,1-2H3. The van der Waals surface area contributed by atoms with Gasteiger partial charge in [0.2, 0.25) is 5.91 Å². The van der Waals surface area contributed by atoms with Gasteiger partial charge in [-0.05, 0) is 54.0 Å². The second-order valence-electron chi connectivity index (χ2n) is 6.36. The van der Waals surface area contributed by atoms with Gasteiger partial charge in [0, 0.05) is 17.5 Å². The summed E-state index contributed by atoms with van der Waals surface area (Å²) in [6.07, 6.45) is 3.38. The van der Waals surface area contributed by atoms with Crippen LogP contribution in [0.4, 0.5) is 5.69 Å². The summed E-state index contributed by atoms with van der Waals surface area (Å²) in [7, 11) is 3.47. The Balaban J connectivity index is 1.86. The molecular weight excluding hydrogens is 473 g/mol. The third kappa shape index (κ3) is 4.71. The number of unbranched alkanes of at least 4 members (excludes halogenated alkanes) is 2. The Labute approximate surface area is 178 Å². The van der Waals surface area contributed by atoms with Crippen molar-refractivity contribution in [1.82, 2.24) is 0 Å². The molecule has 1 aliphatic heterocycles. The van der Waals surface area contributed by atoms with Crippen LogP contribution in [0.2, 0.25) is 0 Å². The highest BCUT2D eigenvalue weighted by Gasteiger charge is 2.34. The molecule has 0 aromatic heterocycles. The van der Waals surface area contributed by atoms with E-state index in [0.29, 0.717) is 6.61 Å². The summed E-state index contributed by atoms with van der Waals surface area (Å²) in [6.45, 7) is 0.661. The lowest BCUT2D eigenvalue weighted by molar-refractivity contribution is -0.118. The summed E-state index contributed by atoms with van der Waals surface area (Å²) >= 11 is 3.97. The number of hydrogen-bond donors (Lipinski definition) is 0. The molecule has 144 valence electrons. The molecule has 1 amide bonds. The number of rotatable bonds is 8. The van der Waals surface area contributed by atoms with Gasteiger partial charge in [-0.15, -0.1) is 11.8 Å². The second-order valence-corrected chi connectivity index (χ2v) is 8.59. The average Bonchev–Trinajstić information content (AvgIpc) is 2.70. The zero-order valence-corrected chi connectivity index (χ0v) is 18.6. The summed E-state index contributed by atoms with van der Waals surface area (Å²) < 4.78 is 12.6. The molecule has 0 fully saturated rings. The maximum absolute atomic E-state index is 13.1. The predicted octanol–water partition coefficient (Wildman–Crippen LogP) is 5.49. The molecule has 0 spiro atoms. The minimum atomic E-state index is -0.343. The lowest BCUT2D eigenvalue weighted by Crippen LogP contribution is -2.33. The number of nitrogens with zero attached hydrogens (tertiary/aromatic N) is 1. The van der Waals surface area contributed by atoms with Gasteiger partial charge in [-0.1, -0.05) is 34.7 Å². The van der Waals surface area contributed by atoms with Crippen LogP contribution in [0.25, 0.3) is 0 Å². The van der Waals surface area contributed by atoms with E-state index in [1.807, 2.05) is 43.4 Å². The SMILES string of the molecule is COc1ccc(OCCCCCI)c(C2Sc3ccccc3N(C)C2=O)c1. The van der Waals surface area contributed by atoms with Crippen LogP contribution in [0.5, 0.6) is 11.5 Å². The van der Waals surface area contributed by atoms with Crippen LogP contribution in [0.3, 0.4) is 0 Å². The number of thioether (sulfide) groups is 1. The highest BCUT2D eigenvalue weighted by atomic mass is 127. The minimum absolute atomic E-state index is 0.0571. The summed E-state index contributed by atoms with van der Waals surface area (Å²) in [4.78, 5) is 15.9. The molecule has 1 atom stereocenters. The Morgan fingerprint density at radius 2 is 1.96 bits per heavy atom. The topological polar surface area (TPSA) is 38.8 Å². The van der Waals surface area contributed by atoms with Crippen molar-refractivity contribution in [2.24, 2.45) is 0 Å². The molecule has 27 heavy (non-hydrogen) atoms. The molecule has 1 heterocycles. The summed E-state index contributed by atoms with van der Waals surface area (Å²) in [5.74, 6) is 1.56. The number of alkyl halides is 1. The summed E-state index contributed by atoms with van der Waals surface area (Å²) in [5.41, 5.74) is 1.83. The summed E-state index contributed by atoms with van der Waals surface area (Å²) in [5, 5.41) is -0.343. The van der Waals surface area contributed by atoms with Crippen LogP contribution in [0.1, 0.15) is 30.1 Å². The molecule has 1 unspecified atom stereocenters. The van der Waals surface area contributed by atoms with E-state index in [4.69, 9.17) is 9.47 Å².